The summed E-state index contributed by atoms with van der Waals surface area (Å²) in [5.74, 6) is -0.0712. The molecule has 0 aliphatic rings. The average molecular weight is 398 g/mol. The summed E-state index contributed by atoms with van der Waals surface area (Å²) in [6, 6.07) is 13.5. The molecule has 3 nitrogen and oxygen atoms in total. The van der Waals surface area contributed by atoms with Crippen LogP contribution in [0.3, 0.4) is 0 Å². The fraction of sp³-hybridized carbons (Fsp3) is 0.133. The van der Waals surface area contributed by atoms with E-state index in [1.165, 1.54) is 0 Å². The number of carbonyl (C=O) groups is 1. The van der Waals surface area contributed by atoms with Crippen molar-refractivity contribution in [1.82, 2.24) is 5.32 Å². The van der Waals surface area contributed by atoms with Gasteiger partial charge in [0.15, 0.2) is 0 Å². The average Bonchev–Trinajstić information content (AvgIpc) is 2.46. The first-order valence-corrected chi connectivity index (χ1v) is 7.69. The molecule has 2 rings (SSSR count). The van der Waals surface area contributed by atoms with Gasteiger partial charge in [-0.1, -0.05) is 18.2 Å². The van der Waals surface area contributed by atoms with E-state index in [0.717, 1.165) is 20.2 Å². The van der Waals surface area contributed by atoms with Gasteiger partial charge in [-0.2, -0.15) is 0 Å². The van der Waals surface area contributed by atoms with Crippen LogP contribution >= 0.6 is 31.9 Å². The maximum absolute atomic E-state index is 11.5. The number of benzene rings is 2. The molecule has 2 N–H and O–H groups in total. The van der Waals surface area contributed by atoms with Gasteiger partial charge in [0.2, 0.25) is 0 Å². The summed E-state index contributed by atoms with van der Waals surface area (Å²) >= 11 is 7.03. The molecule has 1 amide bonds. The molecule has 0 aliphatic carbocycles. The maximum atomic E-state index is 11.5. The number of amides is 1. The van der Waals surface area contributed by atoms with E-state index < -0.39 is 0 Å². The number of anilines is 1. The summed E-state index contributed by atoms with van der Waals surface area (Å²) in [6.45, 7) is 0.690. The predicted octanol–water partition coefficient (Wildman–Crippen LogP) is 4.18. The zero-order valence-electron chi connectivity index (χ0n) is 10.9. The van der Waals surface area contributed by atoms with Gasteiger partial charge in [-0.05, 0) is 61.7 Å². The van der Waals surface area contributed by atoms with Crippen molar-refractivity contribution in [3.8, 4) is 0 Å². The molecule has 0 spiro atoms. The third-order valence-electron chi connectivity index (χ3n) is 2.88. The van der Waals surface area contributed by atoms with Gasteiger partial charge < -0.3 is 10.6 Å². The van der Waals surface area contributed by atoms with Crippen molar-refractivity contribution >= 4 is 43.5 Å². The molecule has 0 heterocycles. The van der Waals surface area contributed by atoms with E-state index >= 15 is 0 Å². The molecule has 0 saturated heterocycles. The summed E-state index contributed by atoms with van der Waals surface area (Å²) in [5, 5.41) is 5.97. The Morgan fingerprint density at radius 3 is 2.20 bits per heavy atom. The van der Waals surface area contributed by atoms with Crippen LogP contribution in [-0.2, 0) is 6.54 Å². The van der Waals surface area contributed by atoms with Crippen LogP contribution in [0.25, 0.3) is 0 Å². The fourth-order valence-corrected chi connectivity index (χ4v) is 3.05. The Bertz CT molecular complexity index is 592. The second kappa shape index (κ2) is 6.90. The number of rotatable bonds is 4. The van der Waals surface area contributed by atoms with Gasteiger partial charge in [-0.15, -0.1) is 0 Å². The van der Waals surface area contributed by atoms with E-state index in [2.05, 4.69) is 42.5 Å². The summed E-state index contributed by atoms with van der Waals surface area (Å²) in [4.78, 5) is 11.5. The quantitative estimate of drug-likeness (QED) is 0.812. The van der Waals surface area contributed by atoms with Crippen molar-refractivity contribution < 1.29 is 4.79 Å². The lowest BCUT2D eigenvalue weighted by atomic mass is 10.1. The van der Waals surface area contributed by atoms with Gasteiger partial charge >= 0.3 is 0 Å². The molecule has 0 radical (unpaired) electrons. The molecule has 0 aromatic heterocycles. The van der Waals surface area contributed by atoms with Crippen molar-refractivity contribution in [2.45, 2.75) is 6.54 Å². The third-order valence-corrected chi connectivity index (χ3v) is 4.20. The van der Waals surface area contributed by atoms with Gasteiger partial charge in [-0.25, -0.2) is 0 Å². The Hall–Kier alpha value is -1.33. The van der Waals surface area contributed by atoms with Crippen LogP contribution in [0.4, 0.5) is 5.69 Å². The van der Waals surface area contributed by atoms with E-state index in [-0.39, 0.29) is 5.91 Å². The van der Waals surface area contributed by atoms with Crippen LogP contribution < -0.4 is 10.6 Å². The Morgan fingerprint density at radius 2 is 1.65 bits per heavy atom. The minimum Gasteiger partial charge on any atom is -0.379 e. The smallest absolute Gasteiger partial charge is 0.251 e. The Labute approximate surface area is 135 Å². The molecular weight excluding hydrogens is 384 g/mol. The number of nitrogens with one attached hydrogen (secondary N) is 2. The summed E-state index contributed by atoms with van der Waals surface area (Å²) in [5.41, 5.74) is 2.79. The molecule has 0 unspecified atom stereocenters. The van der Waals surface area contributed by atoms with Gasteiger partial charge in [-0.3, -0.25) is 4.79 Å². The summed E-state index contributed by atoms with van der Waals surface area (Å²) in [6.07, 6.45) is 0. The topological polar surface area (TPSA) is 41.1 Å². The Morgan fingerprint density at radius 1 is 1.05 bits per heavy atom. The highest BCUT2D eigenvalue weighted by Crippen LogP contribution is 2.30. The van der Waals surface area contributed by atoms with E-state index in [1.54, 1.807) is 7.05 Å². The van der Waals surface area contributed by atoms with Crippen LogP contribution in [0.2, 0.25) is 0 Å². The van der Waals surface area contributed by atoms with Gasteiger partial charge in [0, 0.05) is 28.1 Å². The maximum Gasteiger partial charge on any atom is 0.251 e. The lowest BCUT2D eigenvalue weighted by Crippen LogP contribution is -2.17. The highest BCUT2D eigenvalue weighted by molar-refractivity contribution is 9.11. The van der Waals surface area contributed by atoms with Gasteiger partial charge in [0.05, 0.1) is 5.69 Å². The molecule has 5 heteroatoms. The normalized spacial score (nSPS) is 10.2. The second-order valence-corrected chi connectivity index (χ2v) is 5.93. The van der Waals surface area contributed by atoms with Crippen LogP contribution in [0.1, 0.15) is 15.9 Å². The van der Waals surface area contributed by atoms with Crippen molar-refractivity contribution in [2.75, 3.05) is 12.4 Å². The van der Waals surface area contributed by atoms with Crippen molar-refractivity contribution in [1.29, 1.82) is 0 Å². The largest absolute Gasteiger partial charge is 0.379 e. The van der Waals surface area contributed by atoms with Crippen molar-refractivity contribution in [2.24, 2.45) is 0 Å². The van der Waals surface area contributed by atoms with Crippen molar-refractivity contribution in [3.63, 3.8) is 0 Å². The first kappa shape index (κ1) is 15.1. The molecule has 2 aromatic rings. The molecule has 0 bridgehead atoms. The Balaban J connectivity index is 2.06. The molecule has 2 aromatic carbocycles. The number of hydrogen-bond acceptors (Lipinski definition) is 2. The number of hydrogen-bond donors (Lipinski definition) is 2. The lowest BCUT2D eigenvalue weighted by Gasteiger charge is -2.11. The first-order valence-electron chi connectivity index (χ1n) is 6.10. The van der Waals surface area contributed by atoms with Crippen LogP contribution in [0.15, 0.2) is 51.4 Å². The minimum absolute atomic E-state index is 0.0712. The first-order chi connectivity index (χ1) is 9.61. The van der Waals surface area contributed by atoms with Gasteiger partial charge in [0.25, 0.3) is 5.91 Å². The summed E-state index contributed by atoms with van der Waals surface area (Å²) < 4.78 is 2.02. The van der Waals surface area contributed by atoms with Crippen molar-refractivity contribution in [3.05, 3.63) is 62.5 Å². The highest BCUT2D eigenvalue weighted by atomic mass is 79.9. The van der Waals surface area contributed by atoms with E-state index in [4.69, 9.17) is 0 Å². The molecule has 0 saturated carbocycles. The number of carbonyl (C=O) groups excluding carboxylic acids is 1. The minimum atomic E-state index is -0.0712. The SMILES string of the molecule is CNC(=O)c1ccc(CNc2c(Br)cccc2Br)cc1. The molecular formula is C15H14Br2N2O. The fourth-order valence-electron chi connectivity index (χ4n) is 1.78. The predicted molar refractivity (Wildman–Crippen MR) is 89.0 cm³/mol. The Kier molecular flexibility index (Phi) is 5.20. The van der Waals surface area contributed by atoms with E-state index in [0.29, 0.717) is 12.1 Å². The zero-order valence-corrected chi connectivity index (χ0v) is 14.1. The zero-order chi connectivity index (χ0) is 14.5. The molecule has 104 valence electrons. The number of halogens is 2. The summed E-state index contributed by atoms with van der Waals surface area (Å²) in [7, 11) is 1.63. The monoisotopic (exact) mass is 396 g/mol. The van der Waals surface area contributed by atoms with Crippen LogP contribution in [0, 0.1) is 0 Å². The molecule has 20 heavy (non-hydrogen) atoms. The molecule has 0 fully saturated rings. The van der Waals surface area contributed by atoms with Crippen LogP contribution in [0.5, 0.6) is 0 Å². The second-order valence-electron chi connectivity index (χ2n) is 4.23. The molecule has 0 aliphatic heterocycles. The molecule has 0 atom stereocenters. The highest BCUT2D eigenvalue weighted by Gasteiger charge is 2.05. The van der Waals surface area contributed by atoms with Gasteiger partial charge in [0.1, 0.15) is 0 Å². The third kappa shape index (κ3) is 3.61. The van der Waals surface area contributed by atoms with E-state index in [1.807, 2.05) is 42.5 Å². The van der Waals surface area contributed by atoms with E-state index in [9.17, 15) is 4.79 Å². The van der Waals surface area contributed by atoms with Crippen LogP contribution in [-0.4, -0.2) is 13.0 Å². The number of para-hydroxylation sites is 1. The standard InChI is InChI=1S/C15H14Br2N2O/c1-18-15(20)11-7-5-10(6-8-11)9-19-14-12(16)3-2-4-13(14)17/h2-8,19H,9H2,1H3,(H,18,20). The lowest BCUT2D eigenvalue weighted by molar-refractivity contribution is 0.0963.